The number of nitrogens with zero attached hydrogens (tertiary/aromatic N) is 2. The number of hydrazine groups is 1. The van der Waals surface area contributed by atoms with E-state index in [1.54, 1.807) is 12.1 Å². The summed E-state index contributed by atoms with van der Waals surface area (Å²) in [6.07, 6.45) is 0. The van der Waals surface area contributed by atoms with Crippen molar-refractivity contribution in [2.24, 2.45) is 22.6 Å². The van der Waals surface area contributed by atoms with E-state index in [1.165, 1.54) is 0 Å². The van der Waals surface area contributed by atoms with Crippen LogP contribution in [0.2, 0.25) is 5.02 Å². The maximum Gasteiger partial charge on any atom is 0.154 e. The highest BCUT2D eigenvalue weighted by Crippen LogP contribution is 2.38. The number of amidine groups is 1. The van der Waals surface area contributed by atoms with Crippen molar-refractivity contribution in [3.8, 4) is 5.75 Å². The Labute approximate surface area is 123 Å². The van der Waals surface area contributed by atoms with Crippen molar-refractivity contribution in [3.63, 3.8) is 0 Å². The second kappa shape index (κ2) is 6.19. The molecule has 110 valence electrons. The first-order valence-corrected chi connectivity index (χ1v) is 6.91. The number of halogens is 1. The van der Waals surface area contributed by atoms with Crippen molar-refractivity contribution < 1.29 is 4.74 Å². The van der Waals surface area contributed by atoms with Gasteiger partial charge in [0.2, 0.25) is 0 Å². The van der Waals surface area contributed by atoms with Crippen molar-refractivity contribution >= 4 is 23.1 Å². The number of nitrogens with one attached hydrogen (secondary N) is 1. The molecule has 0 amide bonds. The molecule has 1 aromatic carbocycles. The van der Waals surface area contributed by atoms with Gasteiger partial charge in [-0.1, -0.05) is 25.4 Å². The minimum Gasteiger partial charge on any atom is -0.489 e. The van der Waals surface area contributed by atoms with Crippen LogP contribution >= 0.6 is 11.6 Å². The number of hydrogen-bond acceptors (Lipinski definition) is 5. The second-order valence-electron chi connectivity index (χ2n) is 5.11. The van der Waals surface area contributed by atoms with Crippen LogP contribution in [0.4, 0.5) is 5.69 Å². The lowest BCUT2D eigenvalue weighted by Crippen LogP contribution is -2.37. The van der Waals surface area contributed by atoms with Crippen molar-refractivity contribution in [1.82, 2.24) is 5.53 Å². The third kappa shape index (κ3) is 3.08. The monoisotopic (exact) mass is 297 g/mol. The molecule has 1 aliphatic rings. The third-order valence-electron chi connectivity index (χ3n) is 3.02. The van der Waals surface area contributed by atoms with Crippen LogP contribution in [-0.4, -0.2) is 25.5 Å². The lowest BCUT2D eigenvalue weighted by atomic mass is 10.1. The molecule has 0 fully saturated rings. The van der Waals surface area contributed by atoms with Gasteiger partial charge in [0.1, 0.15) is 12.4 Å². The van der Waals surface area contributed by atoms with Crippen molar-refractivity contribution in [3.05, 3.63) is 22.7 Å². The highest BCUT2D eigenvalue weighted by molar-refractivity contribution is 6.31. The Balaban J connectivity index is 2.51. The summed E-state index contributed by atoms with van der Waals surface area (Å²) in [7, 11) is 0. The van der Waals surface area contributed by atoms with Crippen LogP contribution in [0.1, 0.15) is 19.4 Å². The smallest absolute Gasteiger partial charge is 0.154 e. The molecule has 6 nitrogen and oxygen atoms in total. The van der Waals surface area contributed by atoms with Crippen LogP contribution in [0.25, 0.3) is 0 Å². The van der Waals surface area contributed by atoms with E-state index in [0.29, 0.717) is 17.5 Å². The molecular formula is C13H20ClN5O. The Morgan fingerprint density at radius 1 is 1.55 bits per heavy atom. The Morgan fingerprint density at radius 3 is 2.95 bits per heavy atom. The van der Waals surface area contributed by atoms with E-state index in [9.17, 15) is 0 Å². The molecule has 0 unspecified atom stereocenters. The summed E-state index contributed by atoms with van der Waals surface area (Å²) >= 11 is 6.12. The third-order valence-corrected chi connectivity index (χ3v) is 3.24. The normalized spacial score (nSPS) is 15.1. The zero-order chi connectivity index (χ0) is 14.7. The Hall–Kier alpha value is -1.66. The molecule has 1 aliphatic heterocycles. The van der Waals surface area contributed by atoms with E-state index in [4.69, 9.17) is 27.9 Å². The number of hydrogen-bond donors (Lipinski definition) is 3. The molecule has 0 saturated heterocycles. The summed E-state index contributed by atoms with van der Waals surface area (Å²) in [6, 6.07) is 3.58. The van der Waals surface area contributed by atoms with Crippen LogP contribution in [0.3, 0.4) is 0 Å². The van der Waals surface area contributed by atoms with Crippen LogP contribution in [0.5, 0.6) is 5.75 Å². The Morgan fingerprint density at radius 2 is 2.30 bits per heavy atom. The molecule has 0 spiro atoms. The van der Waals surface area contributed by atoms with Gasteiger partial charge in [-0.3, -0.25) is 0 Å². The van der Waals surface area contributed by atoms with Crippen LogP contribution in [0.15, 0.2) is 17.2 Å². The van der Waals surface area contributed by atoms with Gasteiger partial charge in [0, 0.05) is 23.2 Å². The average molecular weight is 298 g/mol. The maximum atomic E-state index is 6.12. The van der Waals surface area contributed by atoms with Gasteiger partial charge in [0.05, 0.1) is 12.2 Å². The van der Waals surface area contributed by atoms with Gasteiger partial charge < -0.3 is 15.4 Å². The second-order valence-corrected chi connectivity index (χ2v) is 5.55. The number of rotatable bonds is 4. The van der Waals surface area contributed by atoms with E-state index in [0.717, 1.165) is 30.1 Å². The minimum absolute atomic E-state index is 0.283. The first-order chi connectivity index (χ1) is 9.52. The Bertz CT molecular complexity index is 518. The van der Waals surface area contributed by atoms with Crippen LogP contribution in [-0.2, 0) is 0 Å². The van der Waals surface area contributed by atoms with Gasteiger partial charge in [-0.2, -0.15) is 0 Å². The molecular weight excluding hydrogens is 278 g/mol. The standard InChI is InChI=1S/C13H20ClN5O/c1-8(2)7-19-3-4-20-11-6-9(14)5-10(12(11)19)13(15)17-18-16/h5-6,8,18H,3-4,7,16H2,1-2H3,(H2,15,17). The van der Waals surface area contributed by atoms with Crippen LogP contribution < -0.4 is 26.7 Å². The predicted molar refractivity (Wildman–Crippen MR) is 82.0 cm³/mol. The first kappa shape index (κ1) is 14.7. The van der Waals surface area contributed by atoms with Gasteiger partial charge in [0.25, 0.3) is 0 Å². The zero-order valence-electron chi connectivity index (χ0n) is 11.7. The molecule has 0 saturated carbocycles. The van der Waals surface area contributed by atoms with Gasteiger partial charge >= 0.3 is 0 Å². The molecule has 5 N–H and O–H groups in total. The summed E-state index contributed by atoms with van der Waals surface area (Å²) in [5.74, 6) is 6.74. The van der Waals surface area contributed by atoms with Gasteiger partial charge in [-0.25, -0.2) is 11.4 Å². The molecule has 20 heavy (non-hydrogen) atoms. The quantitative estimate of drug-likeness (QED) is 0.337. The van der Waals surface area contributed by atoms with E-state index in [2.05, 4.69) is 29.4 Å². The lowest BCUT2D eigenvalue weighted by Gasteiger charge is -2.34. The zero-order valence-corrected chi connectivity index (χ0v) is 12.4. The number of nitrogens with two attached hydrogens (primary N) is 2. The first-order valence-electron chi connectivity index (χ1n) is 6.53. The number of fused-ring (bicyclic) bond motifs is 1. The fourth-order valence-electron chi connectivity index (χ4n) is 2.34. The van der Waals surface area contributed by atoms with E-state index in [1.807, 2.05) is 0 Å². The van der Waals surface area contributed by atoms with Crippen molar-refractivity contribution in [1.29, 1.82) is 0 Å². The van der Waals surface area contributed by atoms with Gasteiger partial charge in [-0.05, 0) is 12.0 Å². The predicted octanol–water partition coefficient (Wildman–Crippen LogP) is 1.28. The SMILES string of the molecule is CC(C)CN1CCOc2cc(Cl)cc(/C(N)=N/NN)c21. The molecule has 0 aromatic heterocycles. The summed E-state index contributed by atoms with van der Waals surface area (Å²) in [4.78, 5) is 2.24. The molecule has 1 heterocycles. The van der Waals surface area contributed by atoms with Crippen molar-refractivity contribution in [2.45, 2.75) is 13.8 Å². The molecule has 0 atom stereocenters. The molecule has 0 aliphatic carbocycles. The largest absolute Gasteiger partial charge is 0.489 e. The maximum absolute atomic E-state index is 6.12. The Kier molecular flexibility index (Phi) is 4.57. The minimum atomic E-state index is 0.283. The van der Waals surface area contributed by atoms with E-state index >= 15 is 0 Å². The molecule has 7 heteroatoms. The van der Waals surface area contributed by atoms with E-state index < -0.39 is 0 Å². The summed E-state index contributed by atoms with van der Waals surface area (Å²) in [6.45, 7) is 6.69. The average Bonchev–Trinajstić information content (AvgIpc) is 2.37. The molecule has 0 bridgehead atoms. The fourth-order valence-corrected chi connectivity index (χ4v) is 2.54. The number of hydrazone groups is 1. The lowest BCUT2D eigenvalue weighted by molar-refractivity contribution is 0.304. The number of ether oxygens (including phenoxy) is 1. The van der Waals surface area contributed by atoms with Gasteiger partial charge in [0.15, 0.2) is 5.84 Å². The highest BCUT2D eigenvalue weighted by atomic mass is 35.5. The van der Waals surface area contributed by atoms with Crippen molar-refractivity contribution in [2.75, 3.05) is 24.6 Å². The highest BCUT2D eigenvalue weighted by Gasteiger charge is 2.24. The fraction of sp³-hybridized carbons (Fsp3) is 0.462. The van der Waals surface area contributed by atoms with E-state index in [-0.39, 0.29) is 5.84 Å². The topological polar surface area (TPSA) is 88.9 Å². The summed E-state index contributed by atoms with van der Waals surface area (Å²) in [5.41, 5.74) is 9.82. The molecule has 0 radical (unpaired) electrons. The molecule has 1 aromatic rings. The molecule has 2 rings (SSSR count). The van der Waals surface area contributed by atoms with Crippen LogP contribution in [0, 0.1) is 5.92 Å². The van der Waals surface area contributed by atoms with Gasteiger partial charge in [-0.15, -0.1) is 5.10 Å². The number of anilines is 1. The summed E-state index contributed by atoms with van der Waals surface area (Å²) < 4.78 is 5.70. The number of benzene rings is 1. The summed E-state index contributed by atoms with van der Waals surface area (Å²) in [5, 5.41) is 4.39.